The Hall–Kier alpha value is -1.76. The first-order valence-corrected chi connectivity index (χ1v) is 6.20. The molecule has 19 heavy (non-hydrogen) atoms. The smallest absolute Gasteiger partial charge is 0.410 e. The summed E-state index contributed by atoms with van der Waals surface area (Å²) in [5.41, 5.74) is 6.52. The van der Waals surface area contributed by atoms with E-state index in [4.69, 9.17) is 10.5 Å². The molecular weight excluding hydrogens is 248 g/mol. The Morgan fingerprint density at radius 2 is 2.11 bits per heavy atom. The summed E-state index contributed by atoms with van der Waals surface area (Å²) in [6, 6.07) is -0.485. The largest absolute Gasteiger partial charge is 0.444 e. The third-order valence-corrected chi connectivity index (χ3v) is 2.95. The Bertz CT molecular complexity index is 552. The maximum Gasteiger partial charge on any atom is 0.410 e. The van der Waals surface area contributed by atoms with Crippen LogP contribution in [0, 0.1) is 0 Å². The third kappa shape index (κ3) is 2.65. The van der Waals surface area contributed by atoms with Gasteiger partial charge in [-0.15, -0.1) is 0 Å². The number of aromatic amines is 1. The van der Waals surface area contributed by atoms with Crippen LogP contribution in [0.1, 0.15) is 38.1 Å². The zero-order valence-electron chi connectivity index (χ0n) is 11.7. The van der Waals surface area contributed by atoms with Gasteiger partial charge in [0.2, 0.25) is 0 Å². The highest BCUT2D eigenvalue weighted by Gasteiger charge is 2.32. The molecule has 1 amide bonds. The van der Waals surface area contributed by atoms with Gasteiger partial charge < -0.3 is 15.4 Å². The minimum absolute atomic E-state index is 0.133. The first-order valence-electron chi connectivity index (χ1n) is 6.20. The number of fused-ring (bicyclic) bond motifs is 1. The van der Waals surface area contributed by atoms with E-state index < -0.39 is 17.7 Å². The number of H-pyrrole nitrogens is 1. The number of nitrogens with two attached hydrogens (primary N) is 1. The second kappa shape index (κ2) is 4.41. The number of carbonyl (C=O) groups excluding carboxylic acids is 1. The van der Waals surface area contributed by atoms with Gasteiger partial charge >= 0.3 is 6.09 Å². The zero-order valence-corrected chi connectivity index (χ0v) is 11.7. The number of ether oxygens (including phenoxy) is 1. The highest BCUT2D eigenvalue weighted by Crippen LogP contribution is 2.22. The molecule has 1 aromatic rings. The van der Waals surface area contributed by atoms with Gasteiger partial charge in [-0.2, -0.15) is 0 Å². The van der Waals surface area contributed by atoms with Crippen LogP contribution < -0.4 is 11.3 Å². The molecule has 1 aliphatic heterocycles. The first-order chi connectivity index (χ1) is 8.69. The average molecular weight is 268 g/mol. The highest BCUT2D eigenvalue weighted by molar-refractivity contribution is 5.68. The van der Waals surface area contributed by atoms with Crippen molar-refractivity contribution in [1.29, 1.82) is 0 Å². The number of aromatic nitrogens is 2. The Morgan fingerprint density at radius 3 is 2.68 bits per heavy atom. The van der Waals surface area contributed by atoms with Crippen molar-refractivity contribution < 1.29 is 9.53 Å². The van der Waals surface area contributed by atoms with E-state index in [2.05, 4.69) is 5.10 Å². The van der Waals surface area contributed by atoms with Crippen LogP contribution in [0.5, 0.6) is 0 Å². The summed E-state index contributed by atoms with van der Waals surface area (Å²) in [6.07, 6.45) is -0.418. The van der Waals surface area contributed by atoms with Gasteiger partial charge in [-0.25, -0.2) is 4.79 Å². The predicted octanol–water partition coefficient (Wildman–Crippen LogP) is 0.464. The van der Waals surface area contributed by atoms with Crippen molar-refractivity contribution in [2.75, 3.05) is 6.54 Å². The lowest BCUT2D eigenvalue weighted by Crippen LogP contribution is -2.44. The van der Waals surface area contributed by atoms with Gasteiger partial charge in [-0.05, 0) is 20.8 Å². The fourth-order valence-corrected chi connectivity index (χ4v) is 2.18. The van der Waals surface area contributed by atoms with Crippen molar-refractivity contribution >= 4 is 6.09 Å². The molecule has 0 radical (unpaired) electrons. The molecule has 7 heteroatoms. The lowest BCUT2D eigenvalue weighted by molar-refractivity contribution is 0.0203. The molecule has 1 atom stereocenters. The van der Waals surface area contributed by atoms with Crippen molar-refractivity contribution in [1.82, 2.24) is 14.7 Å². The van der Waals surface area contributed by atoms with Gasteiger partial charge in [0.15, 0.2) is 0 Å². The minimum atomic E-state index is -0.550. The molecule has 0 bridgehead atoms. The molecule has 2 rings (SSSR count). The van der Waals surface area contributed by atoms with Crippen LogP contribution in [0.25, 0.3) is 0 Å². The maximum absolute atomic E-state index is 12.0. The molecule has 0 aromatic carbocycles. The summed E-state index contributed by atoms with van der Waals surface area (Å²) in [5, 5.41) is 2.92. The van der Waals surface area contributed by atoms with Crippen LogP contribution in [-0.4, -0.2) is 32.9 Å². The molecular formula is C12H20N4O3. The van der Waals surface area contributed by atoms with E-state index in [1.165, 1.54) is 9.58 Å². The summed E-state index contributed by atoms with van der Waals surface area (Å²) in [7, 11) is 1.63. The van der Waals surface area contributed by atoms with Gasteiger partial charge in [0.05, 0.1) is 23.8 Å². The van der Waals surface area contributed by atoms with E-state index in [9.17, 15) is 9.59 Å². The van der Waals surface area contributed by atoms with Crippen molar-refractivity contribution in [3.8, 4) is 0 Å². The van der Waals surface area contributed by atoms with Crippen LogP contribution in [-0.2, 0) is 18.3 Å². The fraction of sp³-hybridized carbons (Fsp3) is 0.667. The van der Waals surface area contributed by atoms with E-state index in [1.54, 1.807) is 7.05 Å². The van der Waals surface area contributed by atoms with Crippen molar-refractivity contribution in [2.45, 2.75) is 39.0 Å². The number of nitrogens with zero attached hydrogens (tertiary/aromatic N) is 2. The van der Waals surface area contributed by atoms with Crippen LogP contribution in [0.4, 0.5) is 4.79 Å². The quantitative estimate of drug-likeness (QED) is 0.715. The van der Waals surface area contributed by atoms with Gasteiger partial charge in [0.25, 0.3) is 5.56 Å². The van der Waals surface area contributed by atoms with E-state index in [0.29, 0.717) is 17.8 Å². The van der Waals surface area contributed by atoms with Crippen LogP contribution in [0.2, 0.25) is 0 Å². The Labute approximate surface area is 111 Å². The summed E-state index contributed by atoms with van der Waals surface area (Å²) in [5.74, 6) is 0. The number of aryl methyl sites for hydroxylation is 1. The number of amides is 1. The van der Waals surface area contributed by atoms with Crippen LogP contribution in [0.15, 0.2) is 4.79 Å². The standard InChI is InChI=1S/C12H20N4O3/c1-12(2,3)19-11(18)16-5-7(13)9-8(6-16)14-15(4)10(9)17/h7,14H,5-6,13H2,1-4H3. The number of rotatable bonds is 0. The molecule has 2 heterocycles. The Kier molecular flexibility index (Phi) is 3.17. The molecule has 7 nitrogen and oxygen atoms in total. The summed E-state index contributed by atoms with van der Waals surface area (Å²) >= 11 is 0. The van der Waals surface area contributed by atoms with E-state index >= 15 is 0 Å². The second-order valence-electron chi connectivity index (χ2n) is 5.84. The van der Waals surface area contributed by atoms with Crippen LogP contribution in [0.3, 0.4) is 0 Å². The lowest BCUT2D eigenvalue weighted by atomic mass is 10.0. The molecule has 0 aliphatic carbocycles. The second-order valence-corrected chi connectivity index (χ2v) is 5.84. The van der Waals surface area contributed by atoms with Gasteiger partial charge in [-0.3, -0.25) is 14.6 Å². The van der Waals surface area contributed by atoms with Gasteiger partial charge in [0, 0.05) is 13.6 Å². The van der Waals surface area contributed by atoms with Gasteiger partial charge in [0.1, 0.15) is 5.60 Å². The van der Waals surface area contributed by atoms with Crippen molar-refractivity contribution in [3.05, 3.63) is 21.6 Å². The molecule has 0 spiro atoms. The SMILES string of the molecule is Cn1[nH]c2c(c1=O)C(N)CN(C(=O)OC(C)(C)C)C2. The molecule has 0 fully saturated rings. The predicted molar refractivity (Wildman–Crippen MR) is 69.6 cm³/mol. The molecule has 3 N–H and O–H groups in total. The van der Waals surface area contributed by atoms with Crippen molar-refractivity contribution in [2.24, 2.45) is 12.8 Å². The van der Waals surface area contributed by atoms with E-state index in [-0.39, 0.29) is 12.1 Å². The molecule has 1 aromatic heterocycles. The Balaban J connectivity index is 2.22. The maximum atomic E-state index is 12.0. The van der Waals surface area contributed by atoms with Crippen molar-refractivity contribution in [3.63, 3.8) is 0 Å². The van der Waals surface area contributed by atoms with Gasteiger partial charge in [-0.1, -0.05) is 0 Å². The number of hydrogen-bond donors (Lipinski definition) is 2. The summed E-state index contributed by atoms with van der Waals surface area (Å²) in [6.45, 7) is 6.03. The minimum Gasteiger partial charge on any atom is -0.444 e. The average Bonchev–Trinajstić information content (AvgIpc) is 2.52. The first kappa shape index (κ1) is 13.7. The zero-order chi connectivity index (χ0) is 14.4. The van der Waals surface area contributed by atoms with E-state index in [1.807, 2.05) is 20.8 Å². The molecule has 1 aliphatic rings. The number of hydrogen-bond acceptors (Lipinski definition) is 4. The number of nitrogens with one attached hydrogen (secondary N) is 1. The Morgan fingerprint density at radius 1 is 1.47 bits per heavy atom. The highest BCUT2D eigenvalue weighted by atomic mass is 16.6. The number of carbonyl (C=O) groups is 1. The topological polar surface area (TPSA) is 93.4 Å². The van der Waals surface area contributed by atoms with Crippen LogP contribution >= 0.6 is 0 Å². The normalized spacial score (nSPS) is 19.2. The van der Waals surface area contributed by atoms with E-state index in [0.717, 1.165) is 0 Å². The molecule has 106 valence electrons. The monoisotopic (exact) mass is 268 g/mol. The molecule has 0 saturated heterocycles. The lowest BCUT2D eigenvalue weighted by Gasteiger charge is -2.32. The molecule has 1 unspecified atom stereocenters. The third-order valence-electron chi connectivity index (χ3n) is 2.95. The molecule has 0 saturated carbocycles. The fourth-order valence-electron chi connectivity index (χ4n) is 2.18. The summed E-state index contributed by atoms with van der Waals surface area (Å²) < 4.78 is 6.69. The summed E-state index contributed by atoms with van der Waals surface area (Å²) in [4.78, 5) is 25.4.